The Morgan fingerprint density at radius 1 is 1.05 bits per heavy atom. The molecule has 4 nitrogen and oxygen atoms in total. The minimum atomic E-state index is -0.0539. The first-order valence-corrected chi connectivity index (χ1v) is 6.32. The molecular weight excluding hydrogens is 238 g/mol. The number of aryl methyl sites for hydroxylation is 3. The molecule has 0 saturated heterocycles. The van der Waals surface area contributed by atoms with Gasteiger partial charge < -0.3 is 10.7 Å². The van der Waals surface area contributed by atoms with E-state index in [4.69, 9.17) is 0 Å². The third kappa shape index (κ3) is 3.16. The van der Waals surface area contributed by atoms with Crippen molar-refractivity contribution >= 4 is 11.6 Å². The second-order valence-electron chi connectivity index (χ2n) is 4.65. The van der Waals surface area contributed by atoms with Crippen LogP contribution in [0.2, 0.25) is 0 Å². The number of aromatic nitrogens is 1. The number of carbonyl (C=O) groups is 1. The van der Waals surface area contributed by atoms with E-state index in [1.807, 2.05) is 61.8 Å². The van der Waals surface area contributed by atoms with Crippen LogP contribution < -0.4 is 10.7 Å². The van der Waals surface area contributed by atoms with E-state index >= 15 is 0 Å². The van der Waals surface area contributed by atoms with Gasteiger partial charge >= 0.3 is 0 Å². The van der Waals surface area contributed by atoms with Gasteiger partial charge in [0.2, 0.25) is 5.91 Å². The molecule has 0 atom stereocenters. The summed E-state index contributed by atoms with van der Waals surface area (Å²) in [5.41, 5.74) is 7.19. The zero-order chi connectivity index (χ0) is 13.8. The second kappa shape index (κ2) is 5.61. The first-order chi connectivity index (χ1) is 9.08. The monoisotopic (exact) mass is 257 g/mol. The molecule has 0 spiro atoms. The summed E-state index contributed by atoms with van der Waals surface area (Å²) in [6, 6.07) is 11.8. The molecule has 0 radical (unpaired) electrons. The molecule has 0 aliphatic heterocycles. The minimum absolute atomic E-state index is 0.0539. The molecule has 100 valence electrons. The quantitative estimate of drug-likeness (QED) is 0.884. The van der Waals surface area contributed by atoms with Crippen LogP contribution in [0.25, 0.3) is 0 Å². The number of anilines is 1. The van der Waals surface area contributed by atoms with Crippen LogP contribution in [-0.4, -0.2) is 17.1 Å². The predicted octanol–water partition coefficient (Wildman–Crippen LogP) is 2.60. The van der Waals surface area contributed by atoms with E-state index in [1.54, 1.807) is 0 Å². The van der Waals surface area contributed by atoms with Gasteiger partial charge in [-0.2, -0.15) is 0 Å². The molecule has 0 bridgehead atoms. The third-order valence-electron chi connectivity index (χ3n) is 3.09. The topological polar surface area (TPSA) is 46.1 Å². The summed E-state index contributed by atoms with van der Waals surface area (Å²) >= 11 is 0. The van der Waals surface area contributed by atoms with Gasteiger partial charge in [0.15, 0.2) is 0 Å². The third-order valence-corrected chi connectivity index (χ3v) is 3.09. The Morgan fingerprint density at radius 3 is 2.32 bits per heavy atom. The zero-order valence-corrected chi connectivity index (χ0v) is 11.5. The Kier molecular flexibility index (Phi) is 3.90. The Labute approximate surface area is 113 Å². The van der Waals surface area contributed by atoms with Crippen LogP contribution in [0.1, 0.15) is 17.0 Å². The van der Waals surface area contributed by atoms with Gasteiger partial charge in [-0.25, -0.2) is 0 Å². The number of nitrogens with one attached hydrogen (secondary N) is 2. The molecule has 0 fully saturated rings. The van der Waals surface area contributed by atoms with E-state index in [-0.39, 0.29) is 12.5 Å². The van der Waals surface area contributed by atoms with Gasteiger partial charge in [0.05, 0.1) is 0 Å². The largest absolute Gasteiger partial charge is 0.324 e. The van der Waals surface area contributed by atoms with Crippen molar-refractivity contribution in [3.63, 3.8) is 0 Å². The maximum absolute atomic E-state index is 11.9. The van der Waals surface area contributed by atoms with Crippen molar-refractivity contribution in [1.82, 2.24) is 4.68 Å². The van der Waals surface area contributed by atoms with Crippen LogP contribution in [0, 0.1) is 20.8 Å². The molecule has 2 N–H and O–H groups in total. The Bertz CT molecular complexity index is 567. The summed E-state index contributed by atoms with van der Waals surface area (Å²) in [6.07, 6.45) is 0. The summed E-state index contributed by atoms with van der Waals surface area (Å²) in [5, 5.41) is 2.90. The highest BCUT2D eigenvalue weighted by Gasteiger charge is 2.05. The lowest BCUT2D eigenvalue weighted by Gasteiger charge is -2.13. The standard InChI is InChI=1S/C15H19N3O/c1-11-6-4-5-7-14(11)17-15(19)10-16-18-12(2)8-9-13(18)3/h4-9,16H,10H2,1-3H3,(H,17,19). The summed E-state index contributed by atoms with van der Waals surface area (Å²) in [4.78, 5) is 11.9. The van der Waals surface area contributed by atoms with Gasteiger partial charge in [-0.05, 0) is 44.5 Å². The fraction of sp³-hybridized carbons (Fsp3) is 0.267. The van der Waals surface area contributed by atoms with E-state index < -0.39 is 0 Å². The van der Waals surface area contributed by atoms with Crippen LogP contribution in [0.15, 0.2) is 36.4 Å². The summed E-state index contributed by atoms with van der Waals surface area (Å²) in [7, 11) is 0. The van der Waals surface area contributed by atoms with Crippen LogP contribution in [0.4, 0.5) is 5.69 Å². The van der Waals surface area contributed by atoms with Crippen molar-refractivity contribution < 1.29 is 4.79 Å². The van der Waals surface area contributed by atoms with Crippen LogP contribution >= 0.6 is 0 Å². The molecule has 4 heteroatoms. The van der Waals surface area contributed by atoms with Crippen LogP contribution in [0.3, 0.4) is 0 Å². The van der Waals surface area contributed by atoms with E-state index in [0.29, 0.717) is 0 Å². The Hall–Kier alpha value is -2.23. The van der Waals surface area contributed by atoms with Crippen molar-refractivity contribution in [3.8, 4) is 0 Å². The van der Waals surface area contributed by atoms with Crippen LogP contribution in [-0.2, 0) is 4.79 Å². The average molecular weight is 257 g/mol. The molecule has 1 amide bonds. The number of hydrogen-bond acceptors (Lipinski definition) is 2. The molecule has 1 heterocycles. The smallest absolute Gasteiger partial charge is 0.245 e. The van der Waals surface area contributed by atoms with Crippen molar-refractivity contribution in [2.75, 3.05) is 17.3 Å². The fourth-order valence-electron chi connectivity index (χ4n) is 1.98. The van der Waals surface area contributed by atoms with E-state index in [1.165, 1.54) is 0 Å². The molecule has 0 unspecified atom stereocenters. The number of amides is 1. The summed E-state index contributed by atoms with van der Waals surface area (Å²) in [6.45, 7) is 6.21. The molecule has 2 aromatic rings. The van der Waals surface area contributed by atoms with Gasteiger partial charge in [0.25, 0.3) is 0 Å². The van der Waals surface area contributed by atoms with E-state index in [9.17, 15) is 4.79 Å². The number of carbonyl (C=O) groups excluding carboxylic acids is 1. The maximum Gasteiger partial charge on any atom is 0.245 e. The van der Waals surface area contributed by atoms with Crippen molar-refractivity contribution in [1.29, 1.82) is 0 Å². The molecular formula is C15H19N3O. The van der Waals surface area contributed by atoms with Gasteiger partial charge in [-0.15, -0.1) is 0 Å². The normalized spacial score (nSPS) is 10.3. The van der Waals surface area contributed by atoms with E-state index in [0.717, 1.165) is 22.6 Å². The Balaban J connectivity index is 1.94. The molecule has 0 saturated carbocycles. The first-order valence-electron chi connectivity index (χ1n) is 6.32. The van der Waals surface area contributed by atoms with Crippen molar-refractivity contribution in [2.45, 2.75) is 20.8 Å². The van der Waals surface area contributed by atoms with Gasteiger partial charge in [-0.3, -0.25) is 9.47 Å². The molecule has 0 aliphatic rings. The molecule has 1 aromatic heterocycles. The number of para-hydroxylation sites is 1. The summed E-state index contributed by atoms with van der Waals surface area (Å²) < 4.78 is 1.91. The second-order valence-corrected chi connectivity index (χ2v) is 4.65. The highest BCUT2D eigenvalue weighted by Crippen LogP contribution is 2.12. The van der Waals surface area contributed by atoms with Gasteiger partial charge in [0, 0.05) is 17.1 Å². The number of hydrogen-bond donors (Lipinski definition) is 2. The highest BCUT2D eigenvalue weighted by molar-refractivity contribution is 5.93. The van der Waals surface area contributed by atoms with Gasteiger partial charge in [0.1, 0.15) is 6.54 Å². The minimum Gasteiger partial charge on any atom is -0.324 e. The number of rotatable bonds is 4. The maximum atomic E-state index is 11.9. The Morgan fingerprint density at radius 2 is 1.68 bits per heavy atom. The van der Waals surface area contributed by atoms with E-state index in [2.05, 4.69) is 10.7 Å². The lowest BCUT2D eigenvalue weighted by Crippen LogP contribution is -2.28. The molecule has 0 aliphatic carbocycles. The molecule has 19 heavy (non-hydrogen) atoms. The van der Waals surface area contributed by atoms with Crippen LogP contribution in [0.5, 0.6) is 0 Å². The summed E-state index contributed by atoms with van der Waals surface area (Å²) in [5.74, 6) is -0.0539. The number of benzene rings is 1. The van der Waals surface area contributed by atoms with Gasteiger partial charge in [-0.1, -0.05) is 18.2 Å². The first kappa shape index (κ1) is 13.2. The molecule has 2 rings (SSSR count). The number of nitrogens with zero attached hydrogens (tertiary/aromatic N) is 1. The lowest BCUT2D eigenvalue weighted by atomic mass is 10.2. The predicted molar refractivity (Wildman–Crippen MR) is 77.9 cm³/mol. The average Bonchev–Trinajstić information content (AvgIpc) is 2.70. The SMILES string of the molecule is Cc1ccccc1NC(=O)CNn1c(C)ccc1C. The van der Waals surface area contributed by atoms with Crippen molar-refractivity contribution in [3.05, 3.63) is 53.3 Å². The highest BCUT2D eigenvalue weighted by atomic mass is 16.2. The van der Waals surface area contributed by atoms with Crippen molar-refractivity contribution in [2.24, 2.45) is 0 Å². The molecule has 1 aromatic carbocycles. The fourth-order valence-corrected chi connectivity index (χ4v) is 1.98. The zero-order valence-electron chi connectivity index (χ0n) is 11.5. The lowest BCUT2D eigenvalue weighted by molar-refractivity contribution is -0.114.